The van der Waals surface area contributed by atoms with Gasteiger partial charge in [0.15, 0.2) is 0 Å². The van der Waals surface area contributed by atoms with Crippen LogP contribution in [0.15, 0.2) is 24.3 Å². The largest absolute Gasteiger partial charge is 0.497 e. The predicted octanol–water partition coefficient (Wildman–Crippen LogP) is 2.51. The molecule has 1 heterocycles. The first-order chi connectivity index (χ1) is 10.2. The molecule has 0 spiro atoms. The van der Waals surface area contributed by atoms with Crippen LogP contribution >= 0.6 is 0 Å². The molecule has 0 radical (unpaired) electrons. The Bertz CT molecular complexity index is 455. The Morgan fingerprint density at radius 1 is 1.38 bits per heavy atom. The lowest BCUT2D eigenvalue weighted by Gasteiger charge is -2.27. The fraction of sp³-hybridized carbons (Fsp3) is 0.588. The highest BCUT2D eigenvalue weighted by molar-refractivity contribution is 5.76. The van der Waals surface area contributed by atoms with Gasteiger partial charge in [0.05, 0.1) is 7.11 Å². The van der Waals surface area contributed by atoms with E-state index < -0.39 is 0 Å². The number of methoxy groups -OCH3 is 1. The lowest BCUT2D eigenvalue weighted by Crippen LogP contribution is -2.34. The number of carbonyl (C=O) groups is 1. The maximum absolute atomic E-state index is 12.2. The van der Waals surface area contributed by atoms with Crippen molar-refractivity contribution in [1.29, 1.82) is 0 Å². The summed E-state index contributed by atoms with van der Waals surface area (Å²) in [5, 5.41) is 0. The van der Waals surface area contributed by atoms with Crippen molar-refractivity contribution in [3.05, 3.63) is 29.8 Å². The molecule has 116 valence electrons. The zero-order valence-electron chi connectivity index (χ0n) is 13.0. The van der Waals surface area contributed by atoms with Crippen LogP contribution in [0.4, 0.5) is 0 Å². The summed E-state index contributed by atoms with van der Waals surface area (Å²) in [7, 11) is 3.56. The number of rotatable bonds is 6. The van der Waals surface area contributed by atoms with Gasteiger partial charge in [-0.3, -0.25) is 4.79 Å². The first-order valence-electron chi connectivity index (χ1n) is 7.63. The third-order valence-electron chi connectivity index (χ3n) is 4.06. The highest BCUT2D eigenvalue weighted by atomic mass is 16.5. The number of ether oxygens (including phenoxy) is 2. The minimum atomic E-state index is 0.212. The average Bonchev–Trinajstić information content (AvgIpc) is 2.53. The molecule has 0 aliphatic carbocycles. The summed E-state index contributed by atoms with van der Waals surface area (Å²) in [6, 6.07) is 7.91. The van der Waals surface area contributed by atoms with E-state index in [1.807, 2.05) is 36.2 Å². The number of amides is 1. The molecule has 1 fully saturated rings. The first-order valence-corrected chi connectivity index (χ1v) is 7.63. The summed E-state index contributed by atoms with van der Waals surface area (Å²) >= 11 is 0. The molecule has 21 heavy (non-hydrogen) atoms. The molecule has 4 heteroatoms. The molecular weight excluding hydrogens is 266 g/mol. The third-order valence-corrected chi connectivity index (χ3v) is 4.06. The summed E-state index contributed by atoms with van der Waals surface area (Å²) in [4.78, 5) is 14.1. The van der Waals surface area contributed by atoms with Gasteiger partial charge in [-0.1, -0.05) is 12.1 Å². The van der Waals surface area contributed by atoms with Crippen molar-refractivity contribution in [3.8, 4) is 5.75 Å². The number of aryl methyl sites for hydroxylation is 1. The van der Waals surface area contributed by atoms with Gasteiger partial charge in [-0.15, -0.1) is 0 Å². The van der Waals surface area contributed by atoms with Gasteiger partial charge in [-0.25, -0.2) is 0 Å². The molecule has 2 rings (SSSR count). The first kappa shape index (κ1) is 15.8. The van der Waals surface area contributed by atoms with Crippen molar-refractivity contribution in [2.45, 2.75) is 25.7 Å². The molecule has 0 atom stereocenters. The molecule has 1 saturated heterocycles. The molecule has 0 unspecified atom stereocenters. The van der Waals surface area contributed by atoms with Gasteiger partial charge >= 0.3 is 0 Å². The fourth-order valence-corrected chi connectivity index (χ4v) is 2.69. The van der Waals surface area contributed by atoms with Gasteiger partial charge < -0.3 is 14.4 Å². The van der Waals surface area contributed by atoms with Crippen LogP contribution in [-0.2, 0) is 16.0 Å². The summed E-state index contributed by atoms with van der Waals surface area (Å²) < 4.78 is 10.6. The summed E-state index contributed by atoms with van der Waals surface area (Å²) in [5.41, 5.74) is 1.14. The zero-order chi connectivity index (χ0) is 15.1. The van der Waals surface area contributed by atoms with E-state index in [1.165, 1.54) is 0 Å². The van der Waals surface area contributed by atoms with Gasteiger partial charge in [-0.05, 0) is 42.9 Å². The molecule has 0 N–H and O–H groups in total. The van der Waals surface area contributed by atoms with E-state index in [9.17, 15) is 4.79 Å². The van der Waals surface area contributed by atoms with E-state index >= 15 is 0 Å². The van der Waals surface area contributed by atoms with Crippen molar-refractivity contribution < 1.29 is 14.3 Å². The molecule has 1 aromatic carbocycles. The highest BCUT2D eigenvalue weighted by Gasteiger charge is 2.18. The number of hydrogen-bond donors (Lipinski definition) is 0. The zero-order valence-corrected chi connectivity index (χ0v) is 13.0. The predicted molar refractivity (Wildman–Crippen MR) is 82.5 cm³/mol. The lowest BCUT2D eigenvalue weighted by molar-refractivity contribution is -0.130. The van der Waals surface area contributed by atoms with Crippen LogP contribution < -0.4 is 4.74 Å². The smallest absolute Gasteiger partial charge is 0.222 e. The normalized spacial score (nSPS) is 15.7. The van der Waals surface area contributed by atoms with E-state index in [1.54, 1.807) is 7.11 Å². The van der Waals surface area contributed by atoms with E-state index in [2.05, 4.69) is 0 Å². The van der Waals surface area contributed by atoms with Crippen molar-refractivity contribution in [2.75, 3.05) is 33.9 Å². The monoisotopic (exact) mass is 291 g/mol. The Hall–Kier alpha value is -1.55. The SMILES string of the molecule is COc1cccc(CCC(=O)N(C)CC2CCOCC2)c1. The van der Waals surface area contributed by atoms with Crippen molar-refractivity contribution in [3.63, 3.8) is 0 Å². The summed E-state index contributed by atoms with van der Waals surface area (Å²) in [5.74, 6) is 1.64. The second kappa shape index (κ2) is 8.03. The summed E-state index contributed by atoms with van der Waals surface area (Å²) in [6.07, 6.45) is 3.43. The van der Waals surface area contributed by atoms with Crippen LogP contribution in [-0.4, -0.2) is 44.7 Å². The molecule has 1 aliphatic heterocycles. The standard InChI is InChI=1S/C17H25NO3/c1-18(13-15-8-10-21-11-9-15)17(19)7-6-14-4-3-5-16(12-14)20-2/h3-5,12,15H,6-11,13H2,1-2H3. The maximum atomic E-state index is 12.2. The number of benzene rings is 1. The Balaban J connectivity index is 1.77. The fourth-order valence-electron chi connectivity index (χ4n) is 2.69. The summed E-state index contributed by atoms with van der Waals surface area (Å²) in [6.45, 7) is 2.51. The molecule has 1 aromatic rings. The quantitative estimate of drug-likeness (QED) is 0.808. The number of nitrogens with zero attached hydrogens (tertiary/aromatic N) is 1. The maximum Gasteiger partial charge on any atom is 0.222 e. The number of carbonyl (C=O) groups excluding carboxylic acids is 1. The third kappa shape index (κ3) is 5.05. The molecule has 1 amide bonds. The Morgan fingerprint density at radius 2 is 2.14 bits per heavy atom. The van der Waals surface area contributed by atoms with Crippen LogP contribution in [0.2, 0.25) is 0 Å². The van der Waals surface area contributed by atoms with Crippen molar-refractivity contribution in [2.24, 2.45) is 5.92 Å². The molecular formula is C17H25NO3. The minimum absolute atomic E-state index is 0.212. The van der Waals surface area contributed by atoms with Gasteiger partial charge in [0, 0.05) is 33.2 Å². The topological polar surface area (TPSA) is 38.8 Å². The van der Waals surface area contributed by atoms with E-state index in [0.717, 1.165) is 50.3 Å². The molecule has 0 aromatic heterocycles. The Labute approximate surface area is 127 Å². The Kier molecular flexibility index (Phi) is 6.05. The van der Waals surface area contributed by atoms with E-state index in [0.29, 0.717) is 12.3 Å². The van der Waals surface area contributed by atoms with Gasteiger partial charge in [0.25, 0.3) is 0 Å². The minimum Gasteiger partial charge on any atom is -0.497 e. The van der Waals surface area contributed by atoms with Crippen LogP contribution in [0.5, 0.6) is 5.75 Å². The van der Waals surface area contributed by atoms with E-state index in [-0.39, 0.29) is 5.91 Å². The van der Waals surface area contributed by atoms with Crippen LogP contribution in [0.25, 0.3) is 0 Å². The van der Waals surface area contributed by atoms with Crippen molar-refractivity contribution >= 4 is 5.91 Å². The highest BCUT2D eigenvalue weighted by Crippen LogP contribution is 2.17. The lowest BCUT2D eigenvalue weighted by atomic mass is 9.99. The second-order valence-electron chi connectivity index (χ2n) is 5.68. The van der Waals surface area contributed by atoms with Crippen LogP contribution in [0, 0.1) is 5.92 Å². The Morgan fingerprint density at radius 3 is 2.86 bits per heavy atom. The molecule has 1 aliphatic rings. The van der Waals surface area contributed by atoms with Crippen LogP contribution in [0.1, 0.15) is 24.8 Å². The molecule has 0 saturated carbocycles. The van der Waals surface area contributed by atoms with Gasteiger partial charge in [0.1, 0.15) is 5.75 Å². The number of hydrogen-bond acceptors (Lipinski definition) is 3. The van der Waals surface area contributed by atoms with Gasteiger partial charge in [-0.2, -0.15) is 0 Å². The molecule has 4 nitrogen and oxygen atoms in total. The van der Waals surface area contributed by atoms with E-state index in [4.69, 9.17) is 9.47 Å². The van der Waals surface area contributed by atoms with Crippen LogP contribution in [0.3, 0.4) is 0 Å². The van der Waals surface area contributed by atoms with Crippen molar-refractivity contribution in [1.82, 2.24) is 4.90 Å². The molecule has 0 bridgehead atoms. The van der Waals surface area contributed by atoms with Gasteiger partial charge in [0.2, 0.25) is 5.91 Å². The second-order valence-corrected chi connectivity index (χ2v) is 5.68. The average molecular weight is 291 g/mol.